The van der Waals surface area contributed by atoms with Crippen LogP contribution in [0, 0.1) is 25.5 Å². The second-order valence-electron chi connectivity index (χ2n) is 18.7. The van der Waals surface area contributed by atoms with Gasteiger partial charge in [-0.3, -0.25) is 46.4 Å². The third kappa shape index (κ3) is 20.3. The zero-order chi connectivity index (χ0) is 58.3. The number of rotatable bonds is 16. The molecule has 2 heterocycles. The van der Waals surface area contributed by atoms with Gasteiger partial charge in [0.2, 0.25) is 0 Å². The number of aromatic nitrogens is 2. The predicted octanol–water partition coefficient (Wildman–Crippen LogP) is 13.8. The van der Waals surface area contributed by atoms with Gasteiger partial charge in [0.05, 0.1) is 33.5 Å². The van der Waals surface area contributed by atoms with Crippen molar-refractivity contribution in [2.75, 3.05) is 10.6 Å². The van der Waals surface area contributed by atoms with Crippen LogP contribution in [0.25, 0.3) is 0 Å². The summed E-state index contributed by atoms with van der Waals surface area (Å²) >= 11 is 0. The van der Waals surface area contributed by atoms with E-state index in [2.05, 4.69) is 15.2 Å². The molecule has 0 aliphatic rings. The lowest BCUT2D eigenvalue weighted by Crippen LogP contribution is -2.26. The van der Waals surface area contributed by atoms with Gasteiger partial charge < -0.3 is 29.9 Å². The molecule has 80 heavy (non-hydrogen) atoms. The zero-order valence-corrected chi connectivity index (χ0v) is 44.2. The van der Waals surface area contributed by atoms with Crippen LogP contribution in [0.4, 0.5) is 46.5 Å². The molecule has 0 bridgehead atoms. The zero-order valence-electron chi connectivity index (χ0n) is 42.4. The summed E-state index contributed by atoms with van der Waals surface area (Å²) in [6.45, 7) is 11.7. The second-order valence-corrected chi connectivity index (χ2v) is 21.4. The van der Waals surface area contributed by atoms with Crippen LogP contribution in [0.5, 0.6) is 23.0 Å². The first-order chi connectivity index (χ1) is 35.9. The summed E-state index contributed by atoms with van der Waals surface area (Å²) < 4.78 is 165. The van der Waals surface area contributed by atoms with E-state index in [1.807, 2.05) is 0 Å². The molecule has 0 aliphatic heterocycles. The first-order valence-electron chi connectivity index (χ1n) is 22.6. The number of hydrogen-bond donors (Lipinski definition) is 4. The van der Waals surface area contributed by atoms with E-state index in [4.69, 9.17) is 32.8 Å². The summed E-state index contributed by atoms with van der Waals surface area (Å²) in [5.74, 6) is -3.78. The van der Waals surface area contributed by atoms with E-state index in [9.17, 15) is 63.4 Å². The van der Waals surface area contributed by atoms with Gasteiger partial charge >= 0.3 is 28.0 Å². The number of phosphoric ester groups is 2. The Morgan fingerprint density at radius 1 is 0.537 bits per heavy atom. The number of alkyl halides is 6. The van der Waals surface area contributed by atoms with Crippen LogP contribution in [-0.2, 0) is 53.0 Å². The van der Waals surface area contributed by atoms with Crippen LogP contribution in [0.3, 0.4) is 0 Å². The maximum absolute atomic E-state index is 13.5. The Morgan fingerprint density at radius 2 is 0.900 bits per heavy atom. The lowest BCUT2D eigenvalue weighted by Gasteiger charge is -2.30. The van der Waals surface area contributed by atoms with Crippen molar-refractivity contribution < 1.29 is 91.2 Å². The number of carbonyl (C=O) groups excluding carboxylic acids is 2. The summed E-state index contributed by atoms with van der Waals surface area (Å²) in [6, 6.07) is 15.8. The topological polar surface area (TPSA) is 232 Å². The third-order valence-electron chi connectivity index (χ3n) is 9.82. The Morgan fingerprint density at radius 3 is 1.21 bits per heavy atom. The molecular weight excluding hydrogens is 1120 g/mol. The summed E-state index contributed by atoms with van der Waals surface area (Å²) in [7, 11) is -8.95. The number of halogens is 8. The van der Waals surface area contributed by atoms with Gasteiger partial charge in [-0.25, -0.2) is 17.9 Å². The molecule has 0 saturated heterocycles. The quantitative estimate of drug-likeness (QED) is 0.0522. The molecule has 18 nitrogen and oxygen atoms in total. The van der Waals surface area contributed by atoms with Crippen LogP contribution in [0.2, 0.25) is 0 Å². The normalized spacial score (nSPS) is 12.0. The maximum Gasteiger partial charge on any atom is 0.477 e. The first kappa shape index (κ1) is 67.3. The molecule has 0 unspecified atom stereocenters. The van der Waals surface area contributed by atoms with Crippen molar-refractivity contribution in [3.63, 3.8) is 0 Å². The van der Waals surface area contributed by atoms with Crippen molar-refractivity contribution in [3.05, 3.63) is 175 Å². The number of aryl methyl sites for hydroxylation is 2. The fourth-order valence-corrected chi connectivity index (χ4v) is 8.45. The fraction of sp³-hybridized carbons (Fsp3) is 0.308. The lowest BCUT2D eigenvalue weighted by atomic mass is 10.1. The van der Waals surface area contributed by atoms with Crippen LogP contribution < -0.4 is 31.2 Å². The van der Waals surface area contributed by atoms with E-state index in [1.165, 1.54) is 44.3 Å². The summed E-state index contributed by atoms with van der Waals surface area (Å²) in [4.78, 5) is 68.2. The summed E-state index contributed by atoms with van der Waals surface area (Å²) in [5.41, 5.74) is -5.46. The van der Waals surface area contributed by atoms with Crippen molar-refractivity contribution in [3.8, 4) is 23.0 Å². The molecule has 2 amide bonds. The number of nitrogens with one attached hydrogen (secondary N) is 2. The van der Waals surface area contributed by atoms with Crippen molar-refractivity contribution in [2.24, 2.45) is 0 Å². The molecule has 4 N–H and O–H groups in total. The number of nitrogens with zero attached hydrogens (tertiary/aromatic N) is 2. The predicted molar refractivity (Wildman–Crippen MR) is 280 cm³/mol. The Balaban J connectivity index is 0.000000418. The van der Waals surface area contributed by atoms with Gasteiger partial charge in [0, 0.05) is 35.9 Å². The highest BCUT2D eigenvalue weighted by Gasteiger charge is 2.38. The van der Waals surface area contributed by atoms with E-state index < -0.39 is 110 Å². The molecule has 2 aromatic heterocycles. The van der Waals surface area contributed by atoms with Crippen LogP contribution >= 0.6 is 15.6 Å². The molecule has 0 aliphatic carbocycles. The minimum absolute atomic E-state index is 0. The van der Waals surface area contributed by atoms with E-state index in [-0.39, 0.29) is 54.4 Å². The minimum Gasteiger partial charge on any atom is -0.456 e. The Hall–Kier alpha value is -7.02. The number of pyridine rings is 2. The number of amides is 2. The van der Waals surface area contributed by atoms with Gasteiger partial charge in [-0.2, -0.15) is 26.3 Å². The first-order valence-corrected chi connectivity index (χ1v) is 25.6. The van der Waals surface area contributed by atoms with Gasteiger partial charge in [-0.15, -0.1) is 0 Å². The number of phosphoric acid groups is 2. The van der Waals surface area contributed by atoms with E-state index in [0.29, 0.717) is 29.8 Å². The van der Waals surface area contributed by atoms with Crippen LogP contribution in [0.1, 0.15) is 99.4 Å². The van der Waals surface area contributed by atoms with Crippen LogP contribution in [-0.4, -0.2) is 41.9 Å². The number of benzene rings is 4. The number of anilines is 2. The molecule has 4 aromatic carbocycles. The Kier molecular flexibility index (Phi) is 22.3. The molecule has 0 radical (unpaired) electrons. The largest absolute Gasteiger partial charge is 0.477 e. The smallest absolute Gasteiger partial charge is 0.456 e. The monoisotopic (exact) mass is 1180 g/mol. The standard InChI is InChI=1S/C29H33F4N2O7P.C21H17F4N2O7P.2CH4/c1-18-14-20(30)9-11-23(18)40-24-15-19(29(31,32)33)8-10-22(24)26(37)34-21-12-13-35(25(36)16-21)17-39-43(38,41-27(2,3)4)42-28(5,6)7;1-12-8-14(22)3-5-17(12)34-18-9-13(21(23,24)25)2-4-16(18)20(29)26-15-6-7-27(19(28)10-15)11-33-35(30,31)32;;/h8-16H,17H2,1-7H3,(H,34,37);2-10H,11H2,1H3,(H,26,29)(H2,30,31,32);2*1H4. The highest BCUT2D eigenvalue weighted by Crippen LogP contribution is 2.55. The average molecular weight is 1180 g/mol. The van der Waals surface area contributed by atoms with Crippen molar-refractivity contribution in [1.29, 1.82) is 0 Å². The molecule has 6 aromatic rings. The highest BCUT2D eigenvalue weighted by atomic mass is 31.2. The molecule has 6 rings (SSSR count). The number of carbonyl (C=O) groups is 2. The number of hydrogen-bond acceptors (Lipinski definition) is 12. The van der Waals surface area contributed by atoms with E-state index in [0.717, 1.165) is 63.9 Å². The molecule has 0 spiro atoms. The van der Waals surface area contributed by atoms with Crippen molar-refractivity contribution in [1.82, 2.24) is 9.13 Å². The maximum atomic E-state index is 13.5. The van der Waals surface area contributed by atoms with Gasteiger partial charge in [0.15, 0.2) is 0 Å². The molecule has 0 fully saturated rings. The van der Waals surface area contributed by atoms with Gasteiger partial charge in [-0.1, -0.05) is 14.9 Å². The average Bonchev–Trinajstić information content (AvgIpc) is 3.28. The lowest BCUT2D eigenvalue weighted by molar-refractivity contribution is -0.138. The Bertz CT molecular complexity index is 3390. The molecule has 436 valence electrons. The molecule has 0 atom stereocenters. The van der Waals surface area contributed by atoms with E-state index in [1.54, 1.807) is 41.5 Å². The third-order valence-corrected chi connectivity index (χ3v) is 12.2. The highest BCUT2D eigenvalue weighted by molar-refractivity contribution is 7.48. The van der Waals surface area contributed by atoms with Gasteiger partial charge in [0.1, 0.15) is 48.1 Å². The van der Waals surface area contributed by atoms with Crippen molar-refractivity contribution in [2.45, 2.75) is 107 Å². The second kappa shape index (κ2) is 26.5. The van der Waals surface area contributed by atoms with Crippen molar-refractivity contribution >= 4 is 38.8 Å². The molecule has 0 saturated carbocycles. The summed E-state index contributed by atoms with van der Waals surface area (Å²) in [6.07, 6.45) is -7.12. The molecular formula is C52H58F8N4O14P2. The molecule has 28 heteroatoms. The SMILES string of the molecule is C.C.Cc1cc(F)ccc1Oc1cc(C(F)(F)F)ccc1C(=O)Nc1ccn(COP(=O)(O)O)c(=O)c1.Cc1cc(F)ccc1Oc1cc(C(F)(F)F)ccc1C(=O)Nc1ccn(COP(=O)(OC(C)(C)C)OC(C)(C)C)c(=O)c1. The fourth-order valence-electron chi connectivity index (χ4n) is 6.43. The van der Waals surface area contributed by atoms with Gasteiger partial charge in [-0.05, 0) is 151 Å². The Labute approximate surface area is 454 Å². The van der Waals surface area contributed by atoms with E-state index >= 15 is 0 Å². The number of ether oxygens (including phenoxy) is 2. The summed E-state index contributed by atoms with van der Waals surface area (Å²) in [5, 5.41) is 4.79. The minimum atomic E-state index is -4.83. The van der Waals surface area contributed by atoms with Gasteiger partial charge in [0.25, 0.3) is 22.9 Å². The van der Waals surface area contributed by atoms with Crippen LogP contribution in [0.15, 0.2) is 119 Å².